The molecule has 0 aromatic carbocycles. The predicted molar refractivity (Wildman–Crippen MR) is 72.0 cm³/mol. The molecular formula is C13H16F3N3OS. The topological polar surface area (TPSA) is 54.9 Å². The largest absolute Gasteiger partial charge is 0.391 e. The Morgan fingerprint density at radius 2 is 1.95 bits per heavy atom. The van der Waals surface area contributed by atoms with Crippen LogP contribution in [-0.4, -0.2) is 22.3 Å². The number of alkyl halides is 3. The molecular weight excluding hydrogens is 303 g/mol. The van der Waals surface area contributed by atoms with Gasteiger partial charge in [-0.05, 0) is 32.1 Å². The molecule has 2 unspecified atom stereocenters. The molecule has 1 heterocycles. The lowest BCUT2D eigenvalue weighted by Crippen LogP contribution is -2.34. The number of amides is 1. The summed E-state index contributed by atoms with van der Waals surface area (Å²) in [5.41, 5.74) is 0. The van der Waals surface area contributed by atoms with Gasteiger partial charge in [0.1, 0.15) is 5.01 Å². The van der Waals surface area contributed by atoms with Crippen LogP contribution in [0.4, 0.5) is 18.3 Å². The highest BCUT2D eigenvalue weighted by Crippen LogP contribution is 2.43. The first-order valence-electron chi connectivity index (χ1n) is 7.14. The second kappa shape index (κ2) is 5.55. The molecule has 2 saturated carbocycles. The normalized spacial score (nSPS) is 26.6. The van der Waals surface area contributed by atoms with E-state index in [1.807, 2.05) is 0 Å². The second-order valence-corrected chi connectivity index (χ2v) is 6.82. The van der Waals surface area contributed by atoms with Crippen LogP contribution in [0.3, 0.4) is 0 Å². The summed E-state index contributed by atoms with van der Waals surface area (Å²) >= 11 is 1.33. The van der Waals surface area contributed by atoms with E-state index in [1.54, 1.807) is 0 Å². The zero-order valence-corrected chi connectivity index (χ0v) is 12.1. The lowest BCUT2D eigenvalue weighted by molar-refractivity contribution is -0.185. The molecule has 116 valence electrons. The Hall–Kier alpha value is -1.18. The summed E-state index contributed by atoms with van der Waals surface area (Å²) in [5.74, 6) is -1.85. The molecule has 2 aliphatic carbocycles. The standard InChI is InChI=1S/C13H16F3N3OS/c14-13(15,16)9-3-1-2-8(6-9)10(20)17-12-19-18-11(21-12)7-4-5-7/h7-9H,1-6H2,(H,17,19,20). The van der Waals surface area contributed by atoms with Crippen molar-refractivity contribution >= 4 is 22.4 Å². The highest BCUT2D eigenvalue weighted by atomic mass is 32.1. The van der Waals surface area contributed by atoms with Crippen molar-refractivity contribution in [2.45, 2.75) is 50.6 Å². The van der Waals surface area contributed by atoms with Crippen molar-refractivity contribution < 1.29 is 18.0 Å². The van der Waals surface area contributed by atoms with E-state index in [4.69, 9.17) is 0 Å². The summed E-state index contributed by atoms with van der Waals surface area (Å²) in [6.07, 6.45) is -1.07. The molecule has 2 fully saturated rings. The SMILES string of the molecule is O=C(Nc1nnc(C2CC2)s1)C1CCCC(C(F)(F)F)C1. The minimum absolute atomic E-state index is 0.121. The molecule has 4 nitrogen and oxygen atoms in total. The average Bonchev–Trinajstić information content (AvgIpc) is 3.19. The van der Waals surface area contributed by atoms with Crippen LogP contribution in [0.2, 0.25) is 0 Å². The molecule has 0 saturated heterocycles. The summed E-state index contributed by atoms with van der Waals surface area (Å²) in [4.78, 5) is 12.1. The number of anilines is 1. The summed E-state index contributed by atoms with van der Waals surface area (Å²) in [6, 6.07) is 0. The van der Waals surface area contributed by atoms with Crippen molar-refractivity contribution in [1.29, 1.82) is 0 Å². The summed E-state index contributed by atoms with van der Waals surface area (Å²) in [7, 11) is 0. The molecule has 8 heteroatoms. The fourth-order valence-electron chi connectivity index (χ4n) is 2.71. The van der Waals surface area contributed by atoms with Gasteiger partial charge in [0.2, 0.25) is 11.0 Å². The number of carbonyl (C=O) groups is 1. The zero-order valence-electron chi connectivity index (χ0n) is 11.3. The van der Waals surface area contributed by atoms with Gasteiger partial charge in [0.25, 0.3) is 0 Å². The van der Waals surface area contributed by atoms with Gasteiger partial charge in [0.15, 0.2) is 0 Å². The molecule has 0 radical (unpaired) electrons. The van der Waals surface area contributed by atoms with Crippen molar-refractivity contribution in [1.82, 2.24) is 10.2 Å². The van der Waals surface area contributed by atoms with Crippen molar-refractivity contribution in [2.24, 2.45) is 11.8 Å². The lowest BCUT2D eigenvalue weighted by Gasteiger charge is -2.29. The third-order valence-corrected chi connectivity index (χ3v) is 5.11. The van der Waals surface area contributed by atoms with E-state index < -0.39 is 18.0 Å². The highest BCUT2D eigenvalue weighted by Gasteiger charge is 2.43. The summed E-state index contributed by atoms with van der Waals surface area (Å²) in [5, 5.41) is 11.8. The Morgan fingerprint density at radius 1 is 1.19 bits per heavy atom. The average molecular weight is 319 g/mol. The maximum Gasteiger partial charge on any atom is 0.391 e. The quantitative estimate of drug-likeness (QED) is 0.924. The van der Waals surface area contributed by atoms with E-state index in [-0.39, 0.29) is 18.7 Å². The second-order valence-electron chi connectivity index (χ2n) is 5.81. The van der Waals surface area contributed by atoms with Crippen LogP contribution in [0.15, 0.2) is 0 Å². The highest BCUT2D eigenvalue weighted by molar-refractivity contribution is 7.15. The van der Waals surface area contributed by atoms with Crippen LogP contribution >= 0.6 is 11.3 Å². The van der Waals surface area contributed by atoms with Gasteiger partial charge in [0, 0.05) is 11.8 Å². The third-order valence-electron chi connectivity index (χ3n) is 4.11. The number of halogens is 3. The van der Waals surface area contributed by atoms with Gasteiger partial charge >= 0.3 is 6.18 Å². The molecule has 1 N–H and O–H groups in total. The minimum Gasteiger partial charge on any atom is -0.300 e. The van der Waals surface area contributed by atoms with Crippen LogP contribution in [0.5, 0.6) is 0 Å². The Kier molecular flexibility index (Phi) is 3.90. The smallest absolute Gasteiger partial charge is 0.300 e. The number of nitrogens with one attached hydrogen (secondary N) is 1. The summed E-state index contributed by atoms with van der Waals surface area (Å²) in [6.45, 7) is 0. The van der Waals surface area contributed by atoms with E-state index in [9.17, 15) is 18.0 Å². The van der Waals surface area contributed by atoms with Gasteiger partial charge in [-0.3, -0.25) is 4.79 Å². The number of aromatic nitrogens is 2. The maximum absolute atomic E-state index is 12.8. The van der Waals surface area contributed by atoms with Gasteiger partial charge in [0.05, 0.1) is 5.92 Å². The Labute approximate surface area is 124 Å². The maximum atomic E-state index is 12.8. The summed E-state index contributed by atoms with van der Waals surface area (Å²) < 4.78 is 38.3. The Balaban J connectivity index is 1.58. The van der Waals surface area contributed by atoms with E-state index in [0.717, 1.165) is 17.8 Å². The van der Waals surface area contributed by atoms with Gasteiger partial charge in [-0.25, -0.2) is 0 Å². The molecule has 0 aliphatic heterocycles. The fourth-order valence-corrected chi connectivity index (χ4v) is 3.63. The van der Waals surface area contributed by atoms with Crippen LogP contribution < -0.4 is 5.32 Å². The molecule has 1 amide bonds. The van der Waals surface area contributed by atoms with Crippen molar-refractivity contribution in [3.8, 4) is 0 Å². The Bertz CT molecular complexity index is 527. The first-order valence-corrected chi connectivity index (χ1v) is 7.96. The number of carbonyl (C=O) groups excluding carboxylic acids is 1. The van der Waals surface area contributed by atoms with E-state index >= 15 is 0 Å². The van der Waals surface area contributed by atoms with E-state index in [0.29, 0.717) is 23.9 Å². The third kappa shape index (κ3) is 3.53. The van der Waals surface area contributed by atoms with E-state index in [1.165, 1.54) is 11.3 Å². The monoisotopic (exact) mass is 319 g/mol. The molecule has 21 heavy (non-hydrogen) atoms. The molecule has 0 spiro atoms. The molecule has 0 bridgehead atoms. The van der Waals surface area contributed by atoms with Crippen molar-refractivity contribution in [2.75, 3.05) is 5.32 Å². The van der Waals surface area contributed by atoms with Crippen LogP contribution in [0.1, 0.15) is 49.5 Å². The zero-order chi connectivity index (χ0) is 15.0. The first kappa shape index (κ1) is 14.7. The lowest BCUT2D eigenvalue weighted by atomic mass is 9.80. The van der Waals surface area contributed by atoms with Crippen LogP contribution in [-0.2, 0) is 4.79 Å². The predicted octanol–water partition coefficient (Wildman–Crippen LogP) is 3.72. The minimum atomic E-state index is -4.21. The van der Waals surface area contributed by atoms with Crippen LogP contribution in [0.25, 0.3) is 0 Å². The van der Waals surface area contributed by atoms with Gasteiger partial charge in [-0.15, -0.1) is 10.2 Å². The first-order chi connectivity index (χ1) is 9.93. The molecule has 3 rings (SSSR count). The Morgan fingerprint density at radius 3 is 2.62 bits per heavy atom. The van der Waals surface area contributed by atoms with Gasteiger partial charge in [-0.2, -0.15) is 13.2 Å². The van der Waals surface area contributed by atoms with Crippen LogP contribution in [0, 0.1) is 11.8 Å². The number of hydrogen-bond donors (Lipinski definition) is 1. The van der Waals surface area contributed by atoms with Gasteiger partial charge in [-0.1, -0.05) is 17.8 Å². The number of rotatable bonds is 3. The van der Waals surface area contributed by atoms with Crippen molar-refractivity contribution in [3.63, 3.8) is 0 Å². The van der Waals surface area contributed by atoms with Crippen molar-refractivity contribution in [3.05, 3.63) is 5.01 Å². The molecule has 1 aromatic rings. The molecule has 1 aromatic heterocycles. The van der Waals surface area contributed by atoms with E-state index in [2.05, 4.69) is 15.5 Å². The molecule has 2 atom stereocenters. The number of hydrogen-bond acceptors (Lipinski definition) is 4. The molecule has 2 aliphatic rings. The number of nitrogens with zero attached hydrogens (tertiary/aromatic N) is 2. The fraction of sp³-hybridized carbons (Fsp3) is 0.769. The van der Waals surface area contributed by atoms with Gasteiger partial charge < -0.3 is 5.32 Å².